The second-order valence-electron chi connectivity index (χ2n) is 3.72. The average Bonchev–Trinajstić information content (AvgIpc) is 2.38. The van der Waals surface area contributed by atoms with Crippen LogP contribution in [0.5, 0.6) is 11.5 Å². The first-order valence-corrected chi connectivity index (χ1v) is 5.34. The van der Waals surface area contributed by atoms with Crippen LogP contribution >= 0.6 is 0 Å². The van der Waals surface area contributed by atoms with Crippen molar-refractivity contribution in [1.29, 1.82) is 0 Å². The van der Waals surface area contributed by atoms with Gasteiger partial charge in [0.2, 0.25) is 5.95 Å². The lowest BCUT2D eigenvalue weighted by Crippen LogP contribution is -2.00. The molecule has 1 aromatic carbocycles. The molecule has 0 bridgehead atoms. The van der Waals surface area contributed by atoms with Gasteiger partial charge in [0.25, 0.3) is 0 Å². The Morgan fingerprint density at radius 3 is 2.39 bits per heavy atom. The van der Waals surface area contributed by atoms with E-state index in [0.717, 1.165) is 11.1 Å². The monoisotopic (exact) mass is 246 g/mol. The minimum atomic E-state index is 0.140. The summed E-state index contributed by atoms with van der Waals surface area (Å²) in [5.41, 5.74) is 8.06. The molecule has 0 fully saturated rings. The molecule has 6 nitrogen and oxygen atoms in total. The lowest BCUT2D eigenvalue weighted by molar-refractivity contribution is 0.355. The fourth-order valence-electron chi connectivity index (χ4n) is 1.70. The van der Waals surface area contributed by atoms with Gasteiger partial charge in [-0.05, 0) is 24.6 Å². The number of nitrogen functional groups attached to an aromatic ring is 1. The summed E-state index contributed by atoms with van der Waals surface area (Å²) in [5.74, 6) is 1.45. The summed E-state index contributed by atoms with van der Waals surface area (Å²) in [6.07, 6.45) is 1.56. The number of hydrogen-bond acceptors (Lipinski definition) is 6. The smallest absolute Gasteiger partial charge is 0.240 e. The number of benzene rings is 1. The minimum absolute atomic E-state index is 0.140. The lowest BCUT2D eigenvalue weighted by Gasteiger charge is -2.12. The van der Waals surface area contributed by atoms with Crippen molar-refractivity contribution < 1.29 is 9.47 Å². The summed E-state index contributed by atoms with van der Waals surface area (Å²) in [6.45, 7) is 1.95. The molecule has 0 aliphatic rings. The summed E-state index contributed by atoms with van der Waals surface area (Å²) < 4.78 is 10.5. The highest BCUT2D eigenvalue weighted by molar-refractivity contribution is 5.68. The van der Waals surface area contributed by atoms with E-state index in [1.165, 1.54) is 0 Å². The van der Waals surface area contributed by atoms with Gasteiger partial charge < -0.3 is 15.2 Å². The molecule has 0 aliphatic heterocycles. The van der Waals surface area contributed by atoms with Crippen molar-refractivity contribution in [2.75, 3.05) is 20.0 Å². The maximum atomic E-state index is 5.53. The standard InChI is InChI=1S/C12H14N4O2/c1-7-4-10(17-2)11(18-3)5-8(7)9-6-14-16-12(13)15-9/h4-6H,1-3H3,(H2,13,15,16). The van der Waals surface area contributed by atoms with Gasteiger partial charge in [0.05, 0.1) is 26.1 Å². The highest BCUT2D eigenvalue weighted by Crippen LogP contribution is 2.34. The molecule has 2 rings (SSSR count). The number of nitrogens with two attached hydrogens (primary N) is 1. The molecule has 0 saturated heterocycles. The minimum Gasteiger partial charge on any atom is -0.493 e. The van der Waals surface area contributed by atoms with Crippen LogP contribution in [0.4, 0.5) is 5.95 Å². The number of nitrogens with zero attached hydrogens (tertiary/aromatic N) is 3. The summed E-state index contributed by atoms with van der Waals surface area (Å²) in [4.78, 5) is 4.14. The van der Waals surface area contributed by atoms with E-state index in [4.69, 9.17) is 15.2 Å². The average molecular weight is 246 g/mol. The van der Waals surface area contributed by atoms with Crippen LogP contribution in [0.1, 0.15) is 5.56 Å². The molecule has 1 aromatic heterocycles. The molecule has 94 valence electrons. The fourth-order valence-corrected chi connectivity index (χ4v) is 1.70. The van der Waals surface area contributed by atoms with Crippen molar-refractivity contribution in [2.45, 2.75) is 6.92 Å². The first-order chi connectivity index (χ1) is 8.65. The Labute approximate surface area is 105 Å². The third kappa shape index (κ3) is 2.17. The second kappa shape index (κ2) is 4.87. The highest BCUT2D eigenvalue weighted by atomic mass is 16.5. The van der Waals surface area contributed by atoms with Crippen molar-refractivity contribution in [3.05, 3.63) is 23.9 Å². The van der Waals surface area contributed by atoms with Crippen molar-refractivity contribution >= 4 is 5.95 Å². The Morgan fingerprint density at radius 2 is 1.78 bits per heavy atom. The van der Waals surface area contributed by atoms with E-state index in [2.05, 4.69) is 15.2 Å². The van der Waals surface area contributed by atoms with Gasteiger partial charge in [-0.3, -0.25) is 0 Å². The SMILES string of the molecule is COc1cc(C)c(-c2cnnc(N)n2)cc1OC. The molecule has 0 saturated carbocycles. The maximum Gasteiger partial charge on any atom is 0.240 e. The van der Waals surface area contributed by atoms with E-state index in [9.17, 15) is 0 Å². The molecular formula is C12H14N4O2. The summed E-state index contributed by atoms with van der Waals surface area (Å²) in [5, 5.41) is 7.42. The number of ether oxygens (including phenoxy) is 2. The third-order valence-corrected chi connectivity index (χ3v) is 2.58. The van der Waals surface area contributed by atoms with E-state index < -0.39 is 0 Å². The van der Waals surface area contributed by atoms with Crippen molar-refractivity contribution in [3.8, 4) is 22.8 Å². The Morgan fingerprint density at radius 1 is 1.11 bits per heavy atom. The van der Waals surface area contributed by atoms with E-state index in [1.54, 1.807) is 20.4 Å². The van der Waals surface area contributed by atoms with Crippen LogP contribution < -0.4 is 15.2 Å². The normalized spacial score (nSPS) is 10.2. The number of aryl methyl sites for hydroxylation is 1. The van der Waals surface area contributed by atoms with Crippen molar-refractivity contribution in [2.24, 2.45) is 0 Å². The van der Waals surface area contributed by atoms with Crippen LogP contribution in [-0.4, -0.2) is 29.4 Å². The zero-order valence-corrected chi connectivity index (χ0v) is 10.5. The number of anilines is 1. The fraction of sp³-hybridized carbons (Fsp3) is 0.250. The van der Waals surface area contributed by atoms with Gasteiger partial charge >= 0.3 is 0 Å². The Bertz CT molecular complexity index is 572. The molecular weight excluding hydrogens is 232 g/mol. The zero-order valence-electron chi connectivity index (χ0n) is 10.5. The molecule has 6 heteroatoms. The van der Waals surface area contributed by atoms with Crippen LogP contribution in [0.25, 0.3) is 11.3 Å². The number of hydrogen-bond donors (Lipinski definition) is 1. The van der Waals surface area contributed by atoms with Gasteiger partial charge in [-0.1, -0.05) is 0 Å². The summed E-state index contributed by atoms with van der Waals surface area (Å²) >= 11 is 0. The van der Waals surface area contributed by atoms with Gasteiger partial charge in [-0.25, -0.2) is 4.98 Å². The number of rotatable bonds is 3. The number of methoxy groups -OCH3 is 2. The predicted octanol–water partition coefficient (Wildman–Crippen LogP) is 1.45. The van der Waals surface area contributed by atoms with Gasteiger partial charge in [-0.2, -0.15) is 5.10 Å². The van der Waals surface area contributed by atoms with E-state index in [1.807, 2.05) is 19.1 Å². The van der Waals surface area contributed by atoms with Crippen molar-refractivity contribution in [1.82, 2.24) is 15.2 Å². The Balaban J connectivity index is 2.57. The second-order valence-corrected chi connectivity index (χ2v) is 3.72. The molecule has 0 spiro atoms. The highest BCUT2D eigenvalue weighted by Gasteiger charge is 2.11. The van der Waals surface area contributed by atoms with Crippen LogP contribution in [0, 0.1) is 6.92 Å². The third-order valence-electron chi connectivity index (χ3n) is 2.58. The van der Waals surface area contributed by atoms with Crippen molar-refractivity contribution in [3.63, 3.8) is 0 Å². The summed E-state index contributed by atoms with van der Waals surface area (Å²) in [7, 11) is 3.19. The van der Waals surface area contributed by atoms with Gasteiger partial charge in [-0.15, -0.1) is 5.10 Å². The summed E-state index contributed by atoms with van der Waals surface area (Å²) in [6, 6.07) is 3.73. The molecule has 0 amide bonds. The molecule has 1 heterocycles. The molecule has 0 aliphatic carbocycles. The molecule has 0 atom stereocenters. The largest absolute Gasteiger partial charge is 0.493 e. The number of aromatic nitrogens is 3. The molecule has 18 heavy (non-hydrogen) atoms. The zero-order chi connectivity index (χ0) is 13.1. The topological polar surface area (TPSA) is 83.2 Å². The van der Waals surface area contributed by atoms with Gasteiger partial charge in [0, 0.05) is 5.56 Å². The molecule has 0 unspecified atom stereocenters. The van der Waals surface area contributed by atoms with Crippen LogP contribution in [-0.2, 0) is 0 Å². The van der Waals surface area contributed by atoms with Gasteiger partial charge in [0.15, 0.2) is 11.5 Å². The molecule has 2 aromatic rings. The van der Waals surface area contributed by atoms with E-state index in [0.29, 0.717) is 17.2 Å². The first-order valence-electron chi connectivity index (χ1n) is 5.34. The maximum absolute atomic E-state index is 5.53. The first kappa shape index (κ1) is 12.1. The lowest BCUT2D eigenvalue weighted by atomic mass is 10.1. The predicted molar refractivity (Wildman–Crippen MR) is 67.5 cm³/mol. The van der Waals surface area contributed by atoms with E-state index >= 15 is 0 Å². The molecule has 2 N–H and O–H groups in total. The quantitative estimate of drug-likeness (QED) is 0.882. The van der Waals surface area contributed by atoms with E-state index in [-0.39, 0.29) is 5.95 Å². The van der Waals surface area contributed by atoms with Gasteiger partial charge in [0.1, 0.15) is 0 Å². The molecule has 0 radical (unpaired) electrons. The Kier molecular flexibility index (Phi) is 3.27. The van der Waals surface area contributed by atoms with Crippen LogP contribution in [0.2, 0.25) is 0 Å². The Hall–Kier alpha value is -2.37. The van der Waals surface area contributed by atoms with Crippen LogP contribution in [0.15, 0.2) is 18.3 Å². The van der Waals surface area contributed by atoms with Crippen LogP contribution in [0.3, 0.4) is 0 Å².